The Morgan fingerprint density at radius 2 is 2.13 bits per heavy atom. The minimum absolute atomic E-state index is 0.0927. The quantitative estimate of drug-likeness (QED) is 0.869. The Labute approximate surface area is 137 Å². The lowest BCUT2D eigenvalue weighted by Gasteiger charge is -2.36. The number of furan rings is 1. The fourth-order valence-electron chi connectivity index (χ4n) is 3.27. The Morgan fingerprint density at radius 1 is 1.43 bits per heavy atom. The van der Waals surface area contributed by atoms with Crippen molar-refractivity contribution in [3.8, 4) is 0 Å². The molecular formula is C17H26N2O4. The van der Waals surface area contributed by atoms with Gasteiger partial charge in [-0.1, -0.05) is 6.92 Å². The van der Waals surface area contributed by atoms with Crippen molar-refractivity contribution >= 4 is 12.0 Å². The molecule has 1 aliphatic rings. The molecule has 2 amide bonds. The van der Waals surface area contributed by atoms with Crippen molar-refractivity contribution in [1.29, 1.82) is 0 Å². The lowest BCUT2D eigenvalue weighted by atomic mass is 9.87. The summed E-state index contributed by atoms with van der Waals surface area (Å²) in [5.41, 5.74) is 0.994. The molecule has 0 aromatic carbocycles. The molecule has 23 heavy (non-hydrogen) atoms. The molecule has 0 spiro atoms. The van der Waals surface area contributed by atoms with Crippen molar-refractivity contribution in [2.45, 2.75) is 40.2 Å². The van der Waals surface area contributed by atoms with E-state index in [0.717, 1.165) is 17.1 Å². The van der Waals surface area contributed by atoms with Gasteiger partial charge in [-0.3, -0.25) is 4.79 Å². The van der Waals surface area contributed by atoms with Crippen LogP contribution in [0.2, 0.25) is 0 Å². The molecule has 2 rings (SSSR count). The second-order valence-electron chi connectivity index (χ2n) is 6.38. The predicted molar refractivity (Wildman–Crippen MR) is 86.0 cm³/mol. The maximum atomic E-state index is 12.5. The highest BCUT2D eigenvalue weighted by Gasteiger charge is 2.34. The zero-order chi connectivity index (χ0) is 17.1. The number of urea groups is 1. The van der Waals surface area contributed by atoms with Gasteiger partial charge in [0.15, 0.2) is 0 Å². The maximum Gasteiger partial charge on any atom is 0.317 e. The number of nitrogens with zero attached hydrogens (tertiary/aromatic N) is 1. The molecule has 6 nitrogen and oxygen atoms in total. The normalized spacial score (nSPS) is 22.6. The van der Waals surface area contributed by atoms with Crippen LogP contribution in [0.15, 0.2) is 10.5 Å². The number of methoxy groups -OCH3 is 1. The highest BCUT2D eigenvalue weighted by Crippen LogP contribution is 2.25. The van der Waals surface area contributed by atoms with Gasteiger partial charge in [0.1, 0.15) is 11.5 Å². The van der Waals surface area contributed by atoms with Crippen molar-refractivity contribution in [3.63, 3.8) is 0 Å². The van der Waals surface area contributed by atoms with Crippen molar-refractivity contribution in [2.75, 3.05) is 20.2 Å². The molecule has 128 valence electrons. The van der Waals surface area contributed by atoms with E-state index in [0.29, 0.717) is 19.5 Å². The lowest BCUT2D eigenvalue weighted by Crippen LogP contribution is -2.49. The first-order chi connectivity index (χ1) is 10.8. The van der Waals surface area contributed by atoms with Gasteiger partial charge in [-0.25, -0.2) is 4.79 Å². The van der Waals surface area contributed by atoms with Crippen LogP contribution in [0.4, 0.5) is 4.79 Å². The number of esters is 1. The molecule has 2 heterocycles. The second-order valence-corrected chi connectivity index (χ2v) is 6.38. The van der Waals surface area contributed by atoms with Crippen molar-refractivity contribution < 1.29 is 18.7 Å². The summed E-state index contributed by atoms with van der Waals surface area (Å²) in [4.78, 5) is 25.9. The van der Waals surface area contributed by atoms with Crippen LogP contribution in [0.3, 0.4) is 0 Å². The van der Waals surface area contributed by atoms with Gasteiger partial charge < -0.3 is 19.4 Å². The third kappa shape index (κ3) is 3.86. The van der Waals surface area contributed by atoms with Crippen LogP contribution in [0.5, 0.6) is 0 Å². The second kappa shape index (κ2) is 7.06. The number of hydrogen-bond donors (Lipinski definition) is 1. The molecule has 1 aromatic rings. The standard InChI is InChI=1S/C17H26N2O4/c1-10-9-19(7-6-14(10)16(20)22-5)17(21)18-12(3)15-8-11(2)23-13(15)4/h8,10,12,14H,6-7,9H2,1-5H3,(H,18,21)/t10-,12-,14-/m1/s1. The van der Waals surface area contributed by atoms with E-state index in [9.17, 15) is 9.59 Å². The highest BCUT2D eigenvalue weighted by atomic mass is 16.5. The van der Waals surface area contributed by atoms with Gasteiger partial charge in [0, 0.05) is 18.7 Å². The topological polar surface area (TPSA) is 71.8 Å². The number of carbonyl (C=O) groups excluding carboxylic acids is 2. The van der Waals surface area contributed by atoms with E-state index in [1.54, 1.807) is 4.90 Å². The zero-order valence-electron chi connectivity index (χ0n) is 14.5. The first-order valence-corrected chi connectivity index (χ1v) is 8.03. The summed E-state index contributed by atoms with van der Waals surface area (Å²) in [7, 11) is 1.41. The summed E-state index contributed by atoms with van der Waals surface area (Å²) in [6, 6.07) is 1.73. The average Bonchev–Trinajstić information content (AvgIpc) is 2.85. The molecule has 0 aliphatic carbocycles. The third-order valence-corrected chi connectivity index (χ3v) is 4.58. The van der Waals surface area contributed by atoms with Crippen LogP contribution in [0.1, 0.15) is 43.4 Å². The van der Waals surface area contributed by atoms with E-state index in [4.69, 9.17) is 9.15 Å². The minimum Gasteiger partial charge on any atom is -0.469 e. The molecule has 1 fully saturated rings. The largest absolute Gasteiger partial charge is 0.469 e. The smallest absolute Gasteiger partial charge is 0.317 e. The average molecular weight is 322 g/mol. The number of nitrogens with one attached hydrogen (secondary N) is 1. The summed E-state index contributed by atoms with van der Waals surface area (Å²) in [5.74, 6) is 1.45. The number of hydrogen-bond acceptors (Lipinski definition) is 4. The summed E-state index contributed by atoms with van der Waals surface area (Å²) in [6.07, 6.45) is 0.638. The monoisotopic (exact) mass is 322 g/mol. The third-order valence-electron chi connectivity index (χ3n) is 4.58. The van der Waals surface area contributed by atoms with E-state index in [1.165, 1.54) is 7.11 Å². The van der Waals surface area contributed by atoms with Crippen LogP contribution < -0.4 is 5.32 Å². The molecule has 0 radical (unpaired) electrons. The van der Waals surface area contributed by atoms with Crippen molar-refractivity contribution in [3.05, 3.63) is 23.2 Å². The molecule has 0 unspecified atom stereocenters. The number of likely N-dealkylation sites (tertiary alicyclic amines) is 1. The molecule has 1 N–H and O–H groups in total. The number of ether oxygens (including phenoxy) is 1. The Balaban J connectivity index is 1.94. The van der Waals surface area contributed by atoms with Crippen LogP contribution in [-0.2, 0) is 9.53 Å². The molecule has 1 aromatic heterocycles. The highest BCUT2D eigenvalue weighted by molar-refractivity contribution is 5.76. The molecule has 0 bridgehead atoms. The predicted octanol–water partition coefficient (Wildman–Crippen LogP) is 2.80. The van der Waals surface area contributed by atoms with Gasteiger partial charge in [0.2, 0.25) is 0 Å². The van der Waals surface area contributed by atoms with Crippen molar-refractivity contribution in [1.82, 2.24) is 10.2 Å². The van der Waals surface area contributed by atoms with Crippen LogP contribution >= 0.6 is 0 Å². The van der Waals surface area contributed by atoms with E-state index in [1.807, 2.05) is 33.8 Å². The molecule has 0 saturated carbocycles. The summed E-state index contributed by atoms with van der Waals surface area (Å²) >= 11 is 0. The summed E-state index contributed by atoms with van der Waals surface area (Å²) in [5, 5.41) is 3.01. The Kier molecular flexibility index (Phi) is 5.34. The molecule has 1 saturated heterocycles. The van der Waals surface area contributed by atoms with Gasteiger partial charge in [-0.15, -0.1) is 0 Å². The van der Waals surface area contributed by atoms with E-state index in [2.05, 4.69) is 5.32 Å². The summed E-state index contributed by atoms with van der Waals surface area (Å²) in [6.45, 7) is 8.83. The minimum atomic E-state index is -0.185. The number of amides is 2. The van der Waals surface area contributed by atoms with E-state index >= 15 is 0 Å². The van der Waals surface area contributed by atoms with Gasteiger partial charge in [-0.05, 0) is 39.2 Å². The fourth-order valence-corrected chi connectivity index (χ4v) is 3.27. The maximum absolute atomic E-state index is 12.5. The number of rotatable bonds is 3. The Morgan fingerprint density at radius 3 is 2.65 bits per heavy atom. The van der Waals surface area contributed by atoms with Gasteiger partial charge in [0.05, 0.1) is 19.1 Å². The van der Waals surface area contributed by atoms with E-state index in [-0.39, 0.29) is 29.9 Å². The van der Waals surface area contributed by atoms with Crippen LogP contribution in [0.25, 0.3) is 0 Å². The number of piperidine rings is 1. The SMILES string of the molecule is COC(=O)[C@@H]1CCN(C(=O)N[C@H](C)c2cc(C)oc2C)C[C@H]1C. The Bertz CT molecular complexity index is 581. The molecular weight excluding hydrogens is 296 g/mol. The van der Waals surface area contributed by atoms with Crippen LogP contribution in [-0.4, -0.2) is 37.1 Å². The molecule has 1 aliphatic heterocycles. The lowest BCUT2D eigenvalue weighted by molar-refractivity contribution is -0.148. The van der Waals surface area contributed by atoms with Gasteiger partial charge >= 0.3 is 12.0 Å². The number of carbonyl (C=O) groups is 2. The molecule has 3 atom stereocenters. The first-order valence-electron chi connectivity index (χ1n) is 8.03. The zero-order valence-corrected chi connectivity index (χ0v) is 14.5. The van der Waals surface area contributed by atoms with E-state index < -0.39 is 0 Å². The molecule has 6 heteroatoms. The van der Waals surface area contributed by atoms with Crippen LogP contribution in [0, 0.1) is 25.7 Å². The fraction of sp³-hybridized carbons (Fsp3) is 0.647. The van der Waals surface area contributed by atoms with Crippen molar-refractivity contribution in [2.24, 2.45) is 11.8 Å². The van der Waals surface area contributed by atoms with Gasteiger partial charge in [-0.2, -0.15) is 0 Å². The Hall–Kier alpha value is -1.98. The number of aryl methyl sites for hydroxylation is 2. The first kappa shape index (κ1) is 17.4. The van der Waals surface area contributed by atoms with Gasteiger partial charge in [0.25, 0.3) is 0 Å². The summed E-state index contributed by atoms with van der Waals surface area (Å²) < 4.78 is 10.3.